The van der Waals surface area contributed by atoms with E-state index in [-0.39, 0.29) is 33.7 Å². The van der Waals surface area contributed by atoms with Crippen LogP contribution in [-0.2, 0) is 41.6 Å². The third-order valence-corrected chi connectivity index (χ3v) is 6.08. The summed E-state index contributed by atoms with van der Waals surface area (Å²) in [5.74, 6) is -1.15. The van der Waals surface area contributed by atoms with Gasteiger partial charge in [-0.25, -0.2) is 4.79 Å². The predicted octanol–water partition coefficient (Wildman–Crippen LogP) is 4.59. The van der Waals surface area contributed by atoms with Gasteiger partial charge < -0.3 is 14.6 Å². The average Bonchev–Trinajstić information content (AvgIpc) is 2.70. The Hall–Kier alpha value is -1.81. The molecule has 31 heavy (non-hydrogen) atoms. The van der Waals surface area contributed by atoms with E-state index in [1.54, 1.807) is 0 Å². The number of esters is 1. The van der Waals surface area contributed by atoms with Crippen molar-refractivity contribution in [2.24, 2.45) is 0 Å². The van der Waals surface area contributed by atoms with Crippen molar-refractivity contribution in [2.75, 3.05) is 13.7 Å². The molecule has 0 unspecified atom stereocenters. The normalized spacial score (nSPS) is 12.5. The Balaban J connectivity index is 0.00000900. The second kappa shape index (κ2) is 12.3. The first-order chi connectivity index (χ1) is 13.9. The molecule has 0 spiro atoms. The van der Waals surface area contributed by atoms with Crippen LogP contribution < -0.4 is 9.84 Å². The summed E-state index contributed by atoms with van der Waals surface area (Å²) < 4.78 is 10.6. The molecule has 1 aromatic rings. The number of ether oxygens (including phenoxy) is 2. The third kappa shape index (κ3) is 7.68. The number of hydrogen-bond donors (Lipinski definition) is 0. The summed E-state index contributed by atoms with van der Waals surface area (Å²) in [7, 11) is 1.15. The van der Waals surface area contributed by atoms with Crippen LogP contribution in [0.3, 0.4) is 0 Å². The minimum absolute atomic E-state index is 0. The third-order valence-electron chi connectivity index (χ3n) is 6.08. The molecule has 0 fully saturated rings. The largest absolute Gasteiger partial charge is 0.875 e. The Labute approximate surface area is 197 Å². The summed E-state index contributed by atoms with van der Waals surface area (Å²) in [5.41, 5.74) is 2.06. The molecule has 0 saturated carbocycles. The van der Waals surface area contributed by atoms with E-state index in [2.05, 4.69) is 58.4 Å². The van der Waals surface area contributed by atoms with Gasteiger partial charge in [-0.3, -0.25) is 4.79 Å². The summed E-state index contributed by atoms with van der Waals surface area (Å²) in [6.45, 7) is 14.7. The van der Waals surface area contributed by atoms with Crippen molar-refractivity contribution in [3.63, 3.8) is 0 Å². The zero-order valence-electron chi connectivity index (χ0n) is 20.1. The van der Waals surface area contributed by atoms with E-state index < -0.39 is 23.1 Å². The molecule has 1 rings (SSSR count). The maximum Gasteiger partial charge on any atom is 0.340 e. The second-order valence-electron chi connectivity index (χ2n) is 8.98. The van der Waals surface area contributed by atoms with Crippen LogP contribution in [0.25, 0.3) is 0 Å². The molecule has 0 aliphatic heterocycles. The molecule has 0 saturated heterocycles. The SMILES string of the molecule is CCC(C)(C)c1ccc(OCCCC([O-])=C(C(C)=O)C(=O)OC)c(C(C)(C)CC)c1.[Ni]. The Morgan fingerprint density at radius 2 is 1.61 bits per heavy atom. The standard InChI is InChI=1S/C25H38O5.Ni/c1-9-24(4,5)18-13-14-21(19(16-18)25(6,7)10-2)30-15-11-12-20(27)22(17(3)26)23(28)29-8;/h13-14,16,27H,9-12,15H2,1-8H3;/p-1. The van der Waals surface area contributed by atoms with E-state index in [0.717, 1.165) is 31.3 Å². The summed E-state index contributed by atoms with van der Waals surface area (Å²) in [4.78, 5) is 23.2. The number of carbonyl (C=O) groups is 2. The van der Waals surface area contributed by atoms with Gasteiger partial charge in [0.15, 0.2) is 5.78 Å². The fraction of sp³-hybridized carbons (Fsp3) is 0.600. The smallest absolute Gasteiger partial charge is 0.340 e. The van der Waals surface area contributed by atoms with Crippen molar-refractivity contribution in [1.29, 1.82) is 0 Å². The maximum atomic E-state index is 12.2. The van der Waals surface area contributed by atoms with Crippen molar-refractivity contribution in [2.45, 2.75) is 85.0 Å². The number of hydrogen-bond acceptors (Lipinski definition) is 5. The van der Waals surface area contributed by atoms with Gasteiger partial charge in [-0.05, 0) is 55.1 Å². The van der Waals surface area contributed by atoms with Gasteiger partial charge in [-0.1, -0.05) is 53.7 Å². The monoisotopic (exact) mass is 475 g/mol. The topological polar surface area (TPSA) is 75.7 Å². The summed E-state index contributed by atoms with van der Waals surface area (Å²) in [6, 6.07) is 6.37. The molecule has 0 amide bonds. The molecule has 0 aliphatic carbocycles. The molecule has 6 heteroatoms. The van der Waals surface area contributed by atoms with E-state index in [1.807, 2.05) is 6.07 Å². The Bertz CT molecular complexity index is 793. The van der Waals surface area contributed by atoms with Gasteiger partial charge in [0.1, 0.15) is 5.75 Å². The van der Waals surface area contributed by atoms with Crippen LogP contribution in [0.2, 0.25) is 0 Å². The molecule has 0 heterocycles. The predicted molar refractivity (Wildman–Crippen MR) is 118 cm³/mol. The molecule has 0 N–H and O–H groups in total. The van der Waals surface area contributed by atoms with Gasteiger partial charge in [0.2, 0.25) is 0 Å². The van der Waals surface area contributed by atoms with Gasteiger partial charge >= 0.3 is 5.97 Å². The molecule has 0 atom stereocenters. The zero-order chi connectivity index (χ0) is 23.1. The molecule has 178 valence electrons. The molecule has 5 nitrogen and oxygen atoms in total. The van der Waals surface area contributed by atoms with Gasteiger partial charge in [0, 0.05) is 22.1 Å². The summed E-state index contributed by atoms with van der Waals surface area (Å²) >= 11 is 0. The van der Waals surface area contributed by atoms with Crippen LogP contribution in [-0.4, -0.2) is 25.5 Å². The quantitative estimate of drug-likeness (QED) is 0.0888. The second-order valence-corrected chi connectivity index (χ2v) is 8.98. The van der Waals surface area contributed by atoms with E-state index in [0.29, 0.717) is 13.0 Å². The fourth-order valence-corrected chi connectivity index (χ4v) is 3.10. The van der Waals surface area contributed by atoms with Crippen molar-refractivity contribution < 1.29 is 40.7 Å². The van der Waals surface area contributed by atoms with E-state index in [4.69, 9.17) is 4.74 Å². The van der Waals surface area contributed by atoms with Crippen molar-refractivity contribution in [1.82, 2.24) is 0 Å². The van der Waals surface area contributed by atoms with Gasteiger partial charge in [-0.15, -0.1) is 5.76 Å². The molecule has 1 aromatic carbocycles. The molecular weight excluding hydrogens is 439 g/mol. The summed E-state index contributed by atoms with van der Waals surface area (Å²) in [5, 5.41) is 12.2. The molecular formula is C25H37NiO5-. The van der Waals surface area contributed by atoms with Crippen molar-refractivity contribution in [3.8, 4) is 5.75 Å². The van der Waals surface area contributed by atoms with Crippen LogP contribution in [0.4, 0.5) is 0 Å². The molecule has 0 bridgehead atoms. The van der Waals surface area contributed by atoms with Crippen LogP contribution in [0.5, 0.6) is 5.75 Å². The van der Waals surface area contributed by atoms with E-state index in [1.165, 1.54) is 12.5 Å². The molecule has 0 aliphatic rings. The van der Waals surface area contributed by atoms with Gasteiger partial charge in [0.05, 0.1) is 19.3 Å². The minimum atomic E-state index is -0.880. The maximum absolute atomic E-state index is 12.2. The van der Waals surface area contributed by atoms with Crippen LogP contribution in [0.15, 0.2) is 29.5 Å². The Morgan fingerprint density at radius 1 is 1.03 bits per heavy atom. The first-order valence-corrected chi connectivity index (χ1v) is 10.7. The first kappa shape index (κ1) is 29.2. The number of ketones is 1. The van der Waals surface area contributed by atoms with Crippen LogP contribution in [0, 0.1) is 0 Å². The number of Topliss-reactive ketones (excluding diaryl/α,β-unsaturated/α-hetero) is 1. The van der Waals surface area contributed by atoms with Crippen LogP contribution >= 0.6 is 0 Å². The zero-order valence-corrected chi connectivity index (χ0v) is 21.1. The Morgan fingerprint density at radius 3 is 2.10 bits per heavy atom. The number of carbonyl (C=O) groups excluding carboxylic acids is 2. The Kier molecular flexibility index (Phi) is 11.6. The van der Waals surface area contributed by atoms with E-state index in [9.17, 15) is 14.7 Å². The fourth-order valence-electron chi connectivity index (χ4n) is 3.10. The van der Waals surface area contributed by atoms with Crippen molar-refractivity contribution in [3.05, 3.63) is 40.7 Å². The molecule has 0 radical (unpaired) electrons. The first-order valence-electron chi connectivity index (χ1n) is 10.7. The number of allylic oxidation sites excluding steroid dienone is 1. The molecule has 0 aromatic heterocycles. The number of methoxy groups -OCH3 is 1. The van der Waals surface area contributed by atoms with Crippen molar-refractivity contribution >= 4 is 11.8 Å². The van der Waals surface area contributed by atoms with Gasteiger partial charge in [-0.2, -0.15) is 0 Å². The minimum Gasteiger partial charge on any atom is -0.875 e. The van der Waals surface area contributed by atoms with E-state index >= 15 is 0 Å². The number of rotatable bonds is 11. The average molecular weight is 476 g/mol. The van der Waals surface area contributed by atoms with Gasteiger partial charge in [0.25, 0.3) is 0 Å². The van der Waals surface area contributed by atoms with Crippen LogP contribution in [0.1, 0.15) is 85.3 Å². The number of benzene rings is 1. The summed E-state index contributed by atoms with van der Waals surface area (Å²) in [6.07, 6.45) is 2.46.